The maximum atomic E-state index is 13.8. The Bertz CT molecular complexity index is 1220. The highest BCUT2D eigenvalue weighted by atomic mass is 16.5. The normalized spacial score (nSPS) is 16.0. The predicted molar refractivity (Wildman–Crippen MR) is 175 cm³/mol. The Hall–Kier alpha value is -4.26. The van der Waals surface area contributed by atoms with Crippen LogP contribution < -0.4 is 27.0 Å². The van der Waals surface area contributed by atoms with Gasteiger partial charge < -0.3 is 36.5 Å². The predicted octanol–water partition coefficient (Wildman–Crippen LogP) is 1.78. The van der Waals surface area contributed by atoms with Gasteiger partial charge in [-0.1, -0.05) is 69.5 Å². The molecule has 4 atom stereocenters. The van der Waals surface area contributed by atoms with Crippen LogP contribution in [0, 0.1) is 11.8 Å². The first-order valence-corrected chi connectivity index (χ1v) is 16.4. The zero-order valence-electron chi connectivity index (χ0n) is 27.9. The van der Waals surface area contributed by atoms with Crippen molar-refractivity contribution >= 4 is 35.6 Å². The summed E-state index contributed by atoms with van der Waals surface area (Å²) in [6, 6.07) is 5.36. The maximum absolute atomic E-state index is 13.8. The fraction of sp³-hybridized carbons (Fsp3) is 0.588. The van der Waals surface area contributed by atoms with E-state index in [9.17, 15) is 28.8 Å². The molecule has 1 aliphatic carbocycles. The summed E-state index contributed by atoms with van der Waals surface area (Å²) in [5.74, 6) is -3.83. The number of hydrogen-bond donors (Lipinski definition) is 5. The molecule has 0 aromatic heterocycles. The Balaban J connectivity index is 2.12. The molecular formula is C34H51N5O8. The van der Waals surface area contributed by atoms with Crippen LogP contribution in [-0.4, -0.2) is 72.9 Å². The molecule has 1 fully saturated rings. The van der Waals surface area contributed by atoms with Crippen molar-refractivity contribution < 1.29 is 38.2 Å². The molecule has 0 bridgehead atoms. The van der Waals surface area contributed by atoms with Gasteiger partial charge in [0.1, 0.15) is 24.7 Å². The maximum Gasteiger partial charge on any atom is 0.330 e. The number of ether oxygens (including phenoxy) is 2. The van der Waals surface area contributed by atoms with Crippen molar-refractivity contribution in [1.29, 1.82) is 0 Å². The second-order valence-corrected chi connectivity index (χ2v) is 12.1. The Morgan fingerprint density at radius 1 is 0.894 bits per heavy atom. The summed E-state index contributed by atoms with van der Waals surface area (Å²) in [6.45, 7) is 7.14. The minimum atomic E-state index is -0.994. The SMILES string of the molecule is CCOC(=O)/C=C/CN[C@@H](CCC(N)=O)C(=O)N[C@H](C(=O)N[C@H](C(=O)N[C@@H](C)C(=O)OCc1ccccc1)C(C)C)C1CCCCC1. The molecule has 1 aliphatic rings. The minimum absolute atomic E-state index is 0.0595. The minimum Gasteiger partial charge on any atom is -0.463 e. The van der Waals surface area contributed by atoms with E-state index in [1.807, 2.05) is 30.3 Å². The van der Waals surface area contributed by atoms with E-state index >= 15 is 0 Å². The van der Waals surface area contributed by atoms with Crippen molar-refractivity contribution in [2.24, 2.45) is 17.6 Å². The number of primary amides is 1. The van der Waals surface area contributed by atoms with Crippen LogP contribution in [0.25, 0.3) is 0 Å². The third kappa shape index (κ3) is 14.4. The Morgan fingerprint density at radius 2 is 1.57 bits per heavy atom. The lowest BCUT2D eigenvalue weighted by molar-refractivity contribution is -0.149. The van der Waals surface area contributed by atoms with Crippen molar-refractivity contribution in [2.45, 2.75) is 103 Å². The van der Waals surface area contributed by atoms with Gasteiger partial charge in [0.05, 0.1) is 12.6 Å². The molecule has 2 rings (SSSR count). The van der Waals surface area contributed by atoms with Crippen molar-refractivity contribution in [3.63, 3.8) is 0 Å². The smallest absolute Gasteiger partial charge is 0.330 e. The monoisotopic (exact) mass is 657 g/mol. The Labute approximate surface area is 277 Å². The molecule has 1 aromatic rings. The van der Waals surface area contributed by atoms with E-state index in [4.69, 9.17) is 15.2 Å². The second-order valence-electron chi connectivity index (χ2n) is 12.1. The van der Waals surface area contributed by atoms with Crippen LogP contribution in [0.2, 0.25) is 0 Å². The van der Waals surface area contributed by atoms with Gasteiger partial charge >= 0.3 is 11.9 Å². The van der Waals surface area contributed by atoms with Crippen LogP contribution in [0.3, 0.4) is 0 Å². The molecule has 0 spiro atoms. The number of amides is 4. The number of carbonyl (C=O) groups excluding carboxylic acids is 6. The lowest BCUT2D eigenvalue weighted by atomic mass is 9.83. The third-order valence-electron chi connectivity index (χ3n) is 7.90. The van der Waals surface area contributed by atoms with Gasteiger partial charge in [-0.15, -0.1) is 0 Å². The first-order chi connectivity index (χ1) is 22.4. The summed E-state index contributed by atoms with van der Waals surface area (Å²) >= 11 is 0. The zero-order chi connectivity index (χ0) is 34.8. The van der Waals surface area contributed by atoms with E-state index in [1.54, 1.807) is 20.8 Å². The molecule has 0 radical (unpaired) electrons. The van der Waals surface area contributed by atoms with Gasteiger partial charge in [-0.25, -0.2) is 9.59 Å². The average molecular weight is 658 g/mol. The molecule has 0 heterocycles. The van der Waals surface area contributed by atoms with E-state index in [-0.39, 0.29) is 44.4 Å². The Morgan fingerprint density at radius 3 is 2.19 bits per heavy atom. The first-order valence-electron chi connectivity index (χ1n) is 16.4. The number of rotatable bonds is 19. The van der Waals surface area contributed by atoms with Crippen LogP contribution in [-0.2, 0) is 44.8 Å². The summed E-state index contributed by atoms with van der Waals surface area (Å²) in [4.78, 5) is 76.4. The zero-order valence-corrected chi connectivity index (χ0v) is 27.9. The molecule has 47 heavy (non-hydrogen) atoms. The highest BCUT2D eigenvalue weighted by Gasteiger charge is 2.36. The van der Waals surface area contributed by atoms with Crippen LogP contribution in [0.15, 0.2) is 42.5 Å². The fourth-order valence-electron chi connectivity index (χ4n) is 5.28. The van der Waals surface area contributed by atoms with E-state index in [1.165, 1.54) is 19.1 Å². The number of benzene rings is 1. The first kappa shape index (κ1) is 38.9. The van der Waals surface area contributed by atoms with Gasteiger partial charge in [-0.2, -0.15) is 0 Å². The van der Waals surface area contributed by atoms with Crippen LogP contribution in [0.5, 0.6) is 0 Å². The van der Waals surface area contributed by atoms with Crippen molar-refractivity contribution in [1.82, 2.24) is 21.3 Å². The molecule has 0 unspecified atom stereocenters. The fourth-order valence-corrected chi connectivity index (χ4v) is 5.28. The lowest BCUT2D eigenvalue weighted by Crippen LogP contribution is -2.60. The number of hydrogen-bond acceptors (Lipinski definition) is 9. The average Bonchev–Trinajstić information content (AvgIpc) is 3.04. The van der Waals surface area contributed by atoms with Crippen LogP contribution >= 0.6 is 0 Å². The highest BCUT2D eigenvalue weighted by molar-refractivity contribution is 5.94. The van der Waals surface area contributed by atoms with Crippen LogP contribution in [0.4, 0.5) is 0 Å². The van der Waals surface area contributed by atoms with Gasteiger partial charge in [0.2, 0.25) is 23.6 Å². The highest BCUT2D eigenvalue weighted by Crippen LogP contribution is 2.27. The van der Waals surface area contributed by atoms with Crippen molar-refractivity contribution in [2.75, 3.05) is 13.2 Å². The van der Waals surface area contributed by atoms with Gasteiger partial charge in [-0.05, 0) is 50.5 Å². The topological polar surface area (TPSA) is 195 Å². The third-order valence-corrected chi connectivity index (χ3v) is 7.90. The summed E-state index contributed by atoms with van der Waals surface area (Å²) < 4.78 is 10.2. The standard InChI is InChI=1S/C34H51N5O8/c1-5-46-28(41)17-12-20-36-26(18-19-27(35)40)31(42)39-30(25-15-10-7-11-16-25)33(44)38-29(22(2)3)32(43)37-23(4)34(45)47-21-24-13-8-6-9-14-24/h6,8-9,12-14,17,22-23,25-26,29-30,36H,5,7,10-11,15-16,18-21H2,1-4H3,(H2,35,40)(H,37,43)(H,38,44)(H,39,42)/b17-12+/t23-,26-,29-,30-/m0/s1. The van der Waals surface area contributed by atoms with E-state index in [2.05, 4.69) is 21.3 Å². The second kappa shape index (κ2) is 20.8. The number of nitrogens with one attached hydrogen (secondary N) is 4. The molecule has 13 nitrogen and oxygen atoms in total. The molecular weight excluding hydrogens is 606 g/mol. The molecule has 0 saturated heterocycles. The van der Waals surface area contributed by atoms with Gasteiger partial charge in [0.15, 0.2) is 0 Å². The molecule has 4 amide bonds. The summed E-state index contributed by atoms with van der Waals surface area (Å²) in [5.41, 5.74) is 6.15. The molecule has 13 heteroatoms. The summed E-state index contributed by atoms with van der Waals surface area (Å²) in [5, 5.41) is 11.3. The van der Waals surface area contributed by atoms with Gasteiger partial charge in [-0.3, -0.25) is 19.2 Å². The quantitative estimate of drug-likeness (QED) is 0.109. The summed E-state index contributed by atoms with van der Waals surface area (Å²) in [7, 11) is 0. The van der Waals surface area contributed by atoms with Gasteiger partial charge in [0, 0.05) is 19.0 Å². The molecule has 1 saturated carbocycles. The molecule has 260 valence electrons. The van der Waals surface area contributed by atoms with Crippen molar-refractivity contribution in [3.05, 3.63) is 48.0 Å². The molecule has 1 aromatic carbocycles. The number of carbonyl (C=O) groups is 6. The van der Waals surface area contributed by atoms with Gasteiger partial charge in [0.25, 0.3) is 0 Å². The molecule has 6 N–H and O–H groups in total. The van der Waals surface area contributed by atoms with Crippen LogP contribution in [0.1, 0.15) is 78.2 Å². The summed E-state index contributed by atoms with van der Waals surface area (Å²) in [6.07, 6.45) is 6.95. The largest absolute Gasteiger partial charge is 0.463 e. The van der Waals surface area contributed by atoms with E-state index in [0.29, 0.717) is 12.8 Å². The molecule has 0 aliphatic heterocycles. The van der Waals surface area contributed by atoms with E-state index in [0.717, 1.165) is 24.8 Å². The van der Waals surface area contributed by atoms with E-state index < -0.39 is 59.7 Å². The number of esters is 2. The number of nitrogens with two attached hydrogens (primary N) is 1. The Kier molecular flexibility index (Phi) is 17.2. The lowest BCUT2D eigenvalue weighted by Gasteiger charge is -2.33. The van der Waals surface area contributed by atoms with Crippen molar-refractivity contribution in [3.8, 4) is 0 Å².